The van der Waals surface area contributed by atoms with Gasteiger partial charge in [0.2, 0.25) is 0 Å². The second kappa shape index (κ2) is 5.13. The number of aryl methyl sites for hydroxylation is 2. The van der Waals surface area contributed by atoms with E-state index in [0.717, 1.165) is 22.4 Å². The third-order valence-electron chi connectivity index (χ3n) is 3.62. The Morgan fingerprint density at radius 2 is 2.11 bits per heavy atom. The standard InChI is InChI=1S/C15H21N3O/c1-10(19)8-15(17(3)4)12-6-7-14-13(9-12)16-11(2)18(14)5/h6-7,9,15H,8H2,1-5H3. The number of hydrogen-bond acceptors (Lipinski definition) is 3. The number of hydrogen-bond donors (Lipinski definition) is 0. The largest absolute Gasteiger partial charge is 0.331 e. The Balaban J connectivity index is 2.46. The molecule has 19 heavy (non-hydrogen) atoms. The summed E-state index contributed by atoms with van der Waals surface area (Å²) in [5.74, 6) is 1.20. The van der Waals surface area contributed by atoms with Crippen molar-refractivity contribution in [3.8, 4) is 0 Å². The zero-order valence-corrected chi connectivity index (χ0v) is 12.3. The number of Topliss-reactive ketones (excluding diaryl/α,β-unsaturated/α-hetero) is 1. The molecule has 1 heterocycles. The van der Waals surface area contributed by atoms with Gasteiger partial charge in [-0.15, -0.1) is 0 Å². The van der Waals surface area contributed by atoms with Crippen LogP contribution in [-0.4, -0.2) is 34.3 Å². The predicted molar refractivity (Wildman–Crippen MR) is 77.2 cm³/mol. The van der Waals surface area contributed by atoms with Crippen LogP contribution in [0.3, 0.4) is 0 Å². The van der Waals surface area contributed by atoms with E-state index in [2.05, 4.69) is 32.7 Å². The maximum atomic E-state index is 11.4. The molecule has 1 unspecified atom stereocenters. The van der Waals surface area contributed by atoms with Crippen LogP contribution in [0.5, 0.6) is 0 Å². The van der Waals surface area contributed by atoms with Gasteiger partial charge in [-0.1, -0.05) is 6.07 Å². The van der Waals surface area contributed by atoms with Crippen molar-refractivity contribution >= 4 is 16.8 Å². The normalized spacial score (nSPS) is 13.2. The minimum atomic E-state index is 0.115. The number of benzene rings is 1. The van der Waals surface area contributed by atoms with Gasteiger partial charge in [0.1, 0.15) is 11.6 Å². The van der Waals surface area contributed by atoms with Crippen LogP contribution in [0.4, 0.5) is 0 Å². The van der Waals surface area contributed by atoms with Gasteiger partial charge in [0.15, 0.2) is 0 Å². The Bertz CT molecular complexity index is 613. The summed E-state index contributed by atoms with van der Waals surface area (Å²) < 4.78 is 2.08. The van der Waals surface area contributed by atoms with E-state index in [9.17, 15) is 4.79 Å². The van der Waals surface area contributed by atoms with Crippen molar-refractivity contribution in [1.29, 1.82) is 0 Å². The van der Waals surface area contributed by atoms with E-state index < -0.39 is 0 Å². The molecular formula is C15H21N3O. The molecule has 0 amide bonds. The lowest BCUT2D eigenvalue weighted by molar-refractivity contribution is -0.118. The van der Waals surface area contributed by atoms with Crippen LogP contribution in [0.2, 0.25) is 0 Å². The fourth-order valence-electron chi connectivity index (χ4n) is 2.42. The number of ketones is 1. The average molecular weight is 259 g/mol. The Morgan fingerprint density at radius 3 is 2.68 bits per heavy atom. The first-order valence-corrected chi connectivity index (χ1v) is 6.49. The summed E-state index contributed by atoms with van der Waals surface area (Å²) in [7, 11) is 6.02. The second-order valence-electron chi connectivity index (χ2n) is 5.35. The third kappa shape index (κ3) is 2.68. The molecule has 0 aliphatic rings. The molecule has 2 aromatic rings. The zero-order valence-electron chi connectivity index (χ0n) is 12.3. The molecule has 1 atom stereocenters. The van der Waals surface area contributed by atoms with Gasteiger partial charge in [-0.05, 0) is 45.6 Å². The van der Waals surface area contributed by atoms with Crippen LogP contribution >= 0.6 is 0 Å². The molecule has 1 aromatic carbocycles. The molecule has 0 bridgehead atoms. The lowest BCUT2D eigenvalue weighted by Gasteiger charge is -2.23. The monoisotopic (exact) mass is 259 g/mol. The Hall–Kier alpha value is -1.68. The fraction of sp³-hybridized carbons (Fsp3) is 0.467. The van der Waals surface area contributed by atoms with E-state index >= 15 is 0 Å². The highest BCUT2D eigenvalue weighted by Gasteiger charge is 2.17. The second-order valence-corrected chi connectivity index (χ2v) is 5.35. The molecule has 1 aromatic heterocycles. The molecule has 0 fully saturated rings. The topological polar surface area (TPSA) is 38.1 Å². The van der Waals surface area contributed by atoms with Gasteiger partial charge in [-0.25, -0.2) is 4.98 Å². The van der Waals surface area contributed by atoms with Crippen LogP contribution < -0.4 is 0 Å². The van der Waals surface area contributed by atoms with Gasteiger partial charge < -0.3 is 9.47 Å². The van der Waals surface area contributed by atoms with E-state index in [1.807, 2.05) is 28.1 Å². The highest BCUT2D eigenvalue weighted by molar-refractivity contribution is 5.78. The number of imidazole rings is 1. The van der Waals surface area contributed by atoms with Crippen molar-refractivity contribution in [1.82, 2.24) is 14.5 Å². The molecule has 4 heteroatoms. The van der Waals surface area contributed by atoms with Crippen LogP contribution in [0.25, 0.3) is 11.0 Å². The first-order chi connectivity index (χ1) is 8.90. The zero-order chi connectivity index (χ0) is 14.2. The van der Waals surface area contributed by atoms with Crippen molar-refractivity contribution in [2.75, 3.05) is 14.1 Å². The van der Waals surface area contributed by atoms with E-state index in [4.69, 9.17) is 0 Å². The third-order valence-corrected chi connectivity index (χ3v) is 3.62. The van der Waals surface area contributed by atoms with Gasteiger partial charge in [-0.2, -0.15) is 0 Å². The van der Waals surface area contributed by atoms with Crippen molar-refractivity contribution in [2.24, 2.45) is 7.05 Å². The van der Waals surface area contributed by atoms with Crippen molar-refractivity contribution < 1.29 is 4.79 Å². The summed E-state index contributed by atoms with van der Waals surface area (Å²) >= 11 is 0. The van der Waals surface area contributed by atoms with Crippen LogP contribution in [0, 0.1) is 6.92 Å². The summed E-state index contributed by atoms with van der Waals surface area (Å²) in [6, 6.07) is 6.39. The van der Waals surface area contributed by atoms with Gasteiger partial charge >= 0.3 is 0 Å². The molecule has 0 spiro atoms. The van der Waals surface area contributed by atoms with E-state index in [0.29, 0.717) is 6.42 Å². The van der Waals surface area contributed by atoms with Crippen LogP contribution in [-0.2, 0) is 11.8 Å². The van der Waals surface area contributed by atoms with Gasteiger partial charge in [0, 0.05) is 19.5 Å². The maximum absolute atomic E-state index is 11.4. The van der Waals surface area contributed by atoms with E-state index in [1.165, 1.54) is 0 Å². The molecule has 4 nitrogen and oxygen atoms in total. The summed E-state index contributed by atoms with van der Waals surface area (Å²) in [4.78, 5) is 18.0. The Kier molecular flexibility index (Phi) is 3.71. The minimum absolute atomic E-state index is 0.115. The molecule has 0 radical (unpaired) electrons. The average Bonchev–Trinajstić information content (AvgIpc) is 2.61. The molecule has 0 aliphatic carbocycles. The minimum Gasteiger partial charge on any atom is -0.331 e. The molecule has 2 rings (SSSR count). The highest BCUT2D eigenvalue weighted by Crippen LogP contribution is 2.26. The number of rotatable bonds is 4. The molecule has 0 aliphatic heterocycles. The number of carbonyl (C=O) groups excluding carboxylic acids is 1. The Labute approximate surface area is 114 Å². The van der Waals surface area contributed by atoms with E-state index in [1.54, 1.807) is 6.92 Å². The molecule has 0 saturated carbocycles. The fourth-order valence-corrected chi connectivity index (χ4v) is 2.42. The highest BCUT2D eigenvalue weighted by atomic mass is 16.1. The van der Waals surface area contributed by atoms with Crippen molar-refractivity contribution in [2.45, 2.75) is 26.3 Å². The van der Waals surface area contributed by atoms with Crippen LogP contribution in [0.1, 0.15) is 30.8 Å². The van der Waals surface area contributed by atoms with E-state index in [-0.39, 0.29) is 11.8 Å². The van der Waals surface area contributed by atoms with Gasteiger partial charge in [0.25, 0.3) is 0 Å². The van der Waals surface area contributed by atoms with Crippen molar-refractivity contribution in [3.63, 3.8) is 0 Å². The smallest absolute Gasteiger partial charge is 0.131 e. The quantitative estimate of drug-likeness (QED) is 0.846. The molecule has 0 saturated heterocycles. The summed E-state index contributed by atoms with van der Waals surface area (Å²) in [6.45, 7) is 3.64. The SMILES string of the molecule is CC(=O)CC(c1ccc2c(c1)nc(C)n2C)N(C)C. The lowest BCUT2D eigenvalue weighted by atomic mass is 10.0. The number of aromatic nitrogens is 2. The van der Waals surface area contributed by atoms with Crippen molar-refractivity contribution in [3.05, 3.63) is 29.6 Å². The Morgan fingerprint density at radius 1 is 1.42 bits per heavy atom. The summed E-state index contributed by atoms with van der Waals surface area (Å²) in [5, 5.41) is 0. The molecule has 0 N–H and O–H groups in total. The maximum Gasteiger partial charge on any atom is 0.131 e. The number of nitrogens with zero attached hydrogens (tertiary/aromatic N) is 3. The number of carbonyl (C=O) groups is 1. The van der Waals surface area contributed by atoms with Crippen LogP contribution in [0.15, 0.2) is 18.2 Å². The first-order valence-electron chi connectivity index (χ1n) is 6.49. The first kappa shape index (κ1) is 13.7. The summed E-state index contributed by atoms with van der Waals surface area (Å²) in [5.41, 5.74) is 3.26. The van der Waals surface area contributed by atoms with Gasteiger partial charge in [-0.3, -0.25) is 4.79 Å². The molecule has 102 valence electrons. The lowest BCUT2D eigenvalue weighted by Crippen LogP contribution is -2.22. The number of fused-ring (bicyclic) bond motifs is 1. The predicted octanol–water partition coefficient (Wildman–Crippen LogP) is 2.46. The van der Waals surface area contributed by atoms with Gasteiger partial charge in [0.05, 0.1) is 11.0 Å². The molecular weight excluding hydrogens is 238 g/mol. The summed E-state index contributed by atoms with van der Waals surface area (Å²) in [6.07, 6.45) is 0.532.